The van der Waals surface area contributed by atoms with E-state index in [9.17, 15) is 27.2 Å². The Morgan fingerprint density at radius 3 is 2.38 bits per heavy atom. The molecule has 1 aromatic rings. The van der Waals surface area contributed by atoms with Crippen molar-refractivity contribution in [1.29, 1.82) is 0 Å². The molecule has 1 N–H and O–H groups in total. The third kappa shape index (κ3) is 4.35. The molecule has 2 aliphatic rings. The van der Waals surface area contributed by atoms with Crippen LogP contribution in [0, 0.1) is 0 Å². The smallest absolute Gasteiger partial charge is 0.323 e. The molecule has 2 aliphatic heterocycles. The number of carbonyl (C=O) groups is 2. The second kappa shape index (κ2) is 7.75. The number of piperidine rings is 1. The molecule has 1 aromatic carbocycles. The van der Waals surface area contributed by atoms with Gasteiger partial charge in [0.2, 0.25) is 11.8 Å². The lowest BCUT2D eigenvalue weighted by molar-refractivity contribution is -0.168. The number of nitrogens with zero attached hydrogens (tertiary/aromatic N) is 2. The Balaban J connectivity index is 1.77. The lowest BCUT2D eigenvalue weighted by Crippen LogP contribution is -2.71. The summed E-state index contributed by atoms with van der Waals surface area (Å²) >= 11 is 5.94. The van der Waals surface area contributed by atoms with Gasteiger partial charge in [0, 0.05) is 18.5 Å². The summed E-state index contributed by atoms with van der Waals surface area (Å²) in [4.78, 5) is 28.3. The van der Waals surface area contributed by atoms with E-state index < -0.39 is 41.4 Å². The van der Waals surface area contributed by atoms with E-state index in [-0.39, 0.29) is 24.9 Å². The molecular formula is C19H22ClF4N3O2. The molecule has 0 radical (unpaired) electrons. The highest BCUT2D eigenvalue weighted by molar-refractivity contribution is 6.20. The van der Waals surface area contributed by atoms with Crippen LogP contribution in [0.3, 0.4) is 0 Å². The molecule has 2 saturated heterocycles. The zero-order chi connectivity index (χ0) is 21.6. The van der Waals surface area contributed by atoms with E-state index in [1.165, 1.54) is 21.9 Å². The van der Waals surface area contributed by atoms with Gasteiger partial charge in [0.05, 0.1) is 5.56 Å². The minimum absolute atomic E-state index is 0.0234. The summed E-state index contributed by atoms with van der Waals surface area (Å²) in [6, 6.07) is 4.44. The molecular weight excluding hydrogens is 414 g/mol. The molecule has 3 rings (SSSR count). The average Bonchev–Trinajstić information content (AvgIpc) is 2.62. The van der Waals surface area contributed by atoms with Gasteiger partial charge >= 0.3 is 6.18 Å². The molecule has 2 fully saturated rings. The molecule has 0 aliphatic carbocycles. The summed E-state index contributed by atoms with van der Waals surface area (Å²) < 4.78 is 52.6. The molecule has 2 heterocycles. The molecule has 0 saturated carbocycles. The van der Waals surface area contributed by atoms with Crippen molar-refractivity contribution < 1.29 is 27.2 Å². The van der Waals surface area contributed by atoms with E-state index in [4.69, 9.17) is 11.6 Å². The van der Waals surface area contributed by atoms with Gasteiger partial charge in [-0.1, -0.05) is 12.1 Å². The van der Waals surface area contributed by atoms with Crippen molar-refractivity contribution in [2.75, 3.05) is 13.1 Å². The van der Waals surface area contributed by atoms with E-state index in [1.54, 1.807) is 13.8 Å². The number of benzene rings is 1. The number of amides is 2. The first kappa shape index (κ1) is 21.8. The standard InChI is InChI=1S/C19H22ClF4N3O2/c1-18(2)17(29)26(16-14(21)7-13(20)8-25-16)10-15(28)27(18)9-11-3-5-12(6-4-11)19(22,23)24/h3-6,13-14,16,25H,7-10H2,1-2H3. The fourth-order valence-electron chi connectivity index (χ4n) is 3.71. The van der Waals surface area contributed by atoms with E-state index in [0.717, 1.165) is 12.1 Å². The SMILES string of the molecule is CC1(C)C(=O)N(C2NCC(Cl)CC2F)CC(=O)N1Cc1ccc(C(F)(F)F)cc1. The van der Waals surface area contributed by atoms with Crippen molar-refractivity contribution in [3.05, 3.63) is 35.4 Å². The molecule has 0 bridgehead atoms. The quantitative estimate of drug-likeness (QED) is 0.586. The Morgan fingerprint density at radius 2 is 1.83 bits per heavy atom. The maximum Gasteiger partial charge on any atom is 0.416 e. The van der Waals surface area contributed by atoms with Crippen LogP contribution in [0.2, 0.25) is 0 Å². The van der Waals surface area contributed by atoms with Gasteiger partial charge in [-0.05, 0) is 38.0 Å². The van der Waals surface area contributed by atoms with Crippen molar-refractivity contribution in [1.82, 2.24) is 15.1 Å². The van der Waals surface area contributed by atoms with Crippen LogP contribution < -0.4 is 5.32 Å². The number of carbonyl (C=O) groups excluding carboxylic acids is 2. The zero-order valence-corrected chi connectivity index (χ0v) is 16.7. The van der Waals surface area contributed by atoms with Crippen molar-refractivity contribution in [3.8, 4) is 0 Å². The molecule has 160 valence electrons. The predicted octanol–water partition coefficient (Wildman–Crippen LogP) is 2.92. The van der Waals surface area contributed by atoms with Crippen LogP contribution in [-0.2, 0) is 22.3 Å². The fraction of sp³-hybridized carbons (Fsp3) is 0.579. The Bertz CT molecular complexity index is 785. The Hall–Kier alpha value is -1.87. The van der Waals surface area contributed by atoms with Gasteiger partial charge in [-0.2, -0.15) is 13.2 Å². The molecule has 10 heteroatoms. The number of halogens is 5. The van der Waals surface area contributed by atoms with Crippen LogP contribution in [0.4, 0.5) is 17.6 Å². The normalized spacial score (nSPS) is 28.0. The molecule has 5 nitrogen and oxygen atoms in total. The lowest BCUT2D eigenvalue weighted by Gasteiger charge is -2.49. The second-order valence-electron chi connectivity index (χ2n) is 7.87. The highest BCUT2D eigenvalue weighted by Gasteiger charge is 2.49. The van der Waals surface area contributed by atoms with E-state index in [2.05, 4.69) is 5.32 Å². The summed E-state index contributed by atoms with van der Waals surface area (Å²) in [6.07, 6.45) is -6.71. The van der Waals surface area contributed by atoms with Gasteiger partial charge < -0.3 is 9.80 Å². The van der Waals surface area contributed by atoms with E-state index in [0.29, 0.717) is 12.1 Å². The third-order valence-electron chi connectivity index (χ3n) is 5.40. The molecule has 3 atom stereocenters. The van der Waals surface area contributed by atoms with Crippen molar-refractivity contribution in [3.63, 3.8) is 0 Å². The average molecular weight is 436 g/mol. The summed E-state index contributed by atoms with van der Waals surface area (Å²) in [5, 5.41) is 2.49. The van der Waals surface area contributed by atoms with Gasteiger partial charge in [0.1, 0.15) is 24.4 Å². The minimum Gasteiger partial charge on any atom is -0.323 e. The van der Waals surface area contributed by atoms with Crippen LogP contribution in [0.15, 0.2) is 24.3 Å². The Morgan fingerprint density at radius 1 is 1.21 bits per heavy atom. The first-order valence-corrected chi connectivity index (χ1v) is 9.64. The lowest BCUT2D eigenvalue weighted by atomic mass is 9.94. The van der Waals surface area contributed by atoms with Gasteiger partial charge in [0.15, 0.2) is 0 Å². The van der Waals surface area contributed by atoms with E-state index >= 15 is 0 Å². The van der Waals surface area contributed by atoms with Crippen molar-refractivity contribution in [2.24, 2.45) is 0 Å². The number of piperazine rings is 1. The van der Waals surface area contributed by atoms with Crippen LogP contribution in [0.25, 0.3) is 0 Å². The molecule has 0 aromatic heterocycles. The minimum atomic E-state index is -4.45. The van der Waals surface area contributed by atoms with Crippen LogP contribution >= 0.6 is 11.6 Å². The molecule has 29 heavy (non-hydrogen) atoms. The topological polar surface area (TPSA) is 52.7 Å². The van der Waals surface area contributed by atoms with Gasteiger partial charge in [-0.25, -0.2) is 4.39 Å². The van der Waals surface area contributed by atoms with E-state index in [1.807, 2.05) is 0 Å². The fourth-order valence-corrected chi connectivity index (χ4v) is 3.97. The predicted molar refractivity (Wildman–Crippen MR) is 98.7 cm³/mol. The number of nitrogens with one attached hydrogen (secondary N) is 1. The highest BCUT2D eigenvalue weighted by atomic mass is 35.5. The summed E-state index contributed by atoms with van der Waals surface area (Å²) in [6.45, 7) is 3.08. The summed E-state index contributed by atoms with van der Waals surface area (Å²) in [5.41, 5.74) is -1.61. The third-order valence-corrected chi connectivity index (χ3v) is 5.73. The number of hydrogen-bond acceptors (Lipinski definition) is 3. The maximum atomic E-state index is 14.5. The van der Waals surface area contributed by atoms with Crippen LogP contribution in [-0.4, -0.2) is 58.0 Å². The van der Waals surface area contributed by atoms with Gasteiger partial charge in [-0.3, -0.25) is 14.9 Å². The number of hydrogen-bond donors (Lipinski definition) is 1. The van der Waals surface area contributed by atoms with Crippen LogP contribution in [0.5, 0.6) is 0 Å². The molecule has 2 amide bonds. The highest BCUT2D eigenvalue weighted by Crippen LogP contribution is 2.32. The molecule has 0 spiro atoms. The second-order valence-corrected chi connectivity index (χ2v) is 8.49. The van der Waals surface area contributed by atoms with Gasteiger partial charge in [0.25, 0.3) is 0 Å². The van der Waals surface area contributed by atoms with Crippen molar-refractivity contribution >= 4 is 23.4 Å². The monoisotopic (exact) mass is 435 g/mol. The van der Waals surface area contributed by atoms with Crippen molar-refractivity contribution in [2.45, 2.75) is 56.2 Å². The summed E-state index contributed by atoms with van der Waals surface area (Å²) in [5.74, 6) is -0.839. The molecule has 3 unspecified atom stereocenters. The maximum absolute atomic E-state index is 14.5. The number of rotatable bonds is 3. The number of alkyl halides is 5. The summed E-state index contributed by atoms with van der Waals surface area (Å²) in [7, 11) is 0. The van der Waals surface area contributed by atoms with Gasteiger partial charge in [-0.15, -0.1) is 11.6 Å². The first-order chi connectivity index (χ1) is 13.4. The first-order valence-electron chi connectivity index (χ1n) is 9.20. The van der Waals surface area contributed by atoms with Crippen LogP contribution in [0.1, 0.15) is 31.4 Å². The largest absolute Gasteiger partial charge is 0.416 e. The zero-order valence-electron chi connectivity index (χ0n) is 16.0. The Kier molecular flexibility index (Phi) is 5.84. The Labute approximate surface area is 171 Å².